The lowest BCUT2D eigenvalue weighted by molar-refractivity contribution is 0.102. The number of hydrogen-bond acceptors (Lipinski definition) is 4. The number of para-hydroxylation sites is 2. The van der Waals surface area contributed by atoms with Crippen molar-refractivity contribution in [2.75, 3.05) is 10.6 Å². The van der Waals surface area contributed by atoms with Gasteiger partial charge in [0.25, 0.3) is 5.91 Å². The van der Waals surface area contributed by atoms with Crippen LogP contribution in [0.25, 0.3) is 5.69 Å². The average molecular weight is 355 g/mol. The number of nitrogens with zero attached hydrogens (tertiary/aromatic N) is 3. The topological polar surface area (TPSA) is 71.8 Å². The summed E-state index contributed by atoms with van der Waals surface area (Å²) in [4.78, 5) is 16.7. The van der Waals surface area contributed by atoms with Crippen LogP contribution in [0.2, 0.25) is 0 Å². The number of carbonyl (C=O) groups is 1. The van der Waals surface area contributed by atoms with E-state index in [1.807, 2.05) is 72.8 Å². The number of amides is 1. The van der Waals surface area contributed by atoms with Crippen molar-refractivity contribution in [3.05, 3.63) is 96.8 Å². The minimum Gasteiger partial charge on any atom is -0.323 e. The SMILES string of the molecule is O=C(Nc1ccccc1)c1cccc(Nc2ncn(-c3ccccc3)n2)c1. The average Bonchev–Trinajstić information content (AvgIpc) is 3.18. The zero-order chi connectivity index (χ0) is 18.5. The monoisotopic (exact) mass is 355 g/mol. The van der Waals surface area contributed by atoms with Crippen molar-refractivity contribution in [1.29, 1.82) is 0 Å². The van der Waals surface area contributed by atoms with E-state index < -0.39 is 0 Å². The lowest BCUT2D eigenvalue weighted by Crippen LogP contribution is -2.11. The fourth-order valence-corrected chi connectivity index (χ4v) is 2.62. The molecule has 1 amide bonds. The van der Waals surface area contributed by atoms with Crippen molar-refractivity contribution >= 4 is 23.2 Å². The highest BCUT2D eigenvalue weighted by Gasteiger charge is 2.08. The molecule has 132 valence electrons. The largest absolute Gasteiger partial charge is 0.323 e. The summed E-state index contributed by atoms with van der Waals surface area (Å²) in [6, 6.07) is 26.3. The lowest BCUT2D eigenvalue weighted by Gasteiger charge is -2.07. The number of carbonyl (C=O) groups excluding carboxylic acids is 1. The molecule has 4 aromatic rings. The van der Waals surface area contributed by atoms with Gasteiger partial charge in [-0.05, 0) is 42.5 Å². The van der Waals surface area contributed by atoms with Crippen molar-refractivity contribution in [2.45, 2.75) is 0 Å². The zero-order valence-corrected chi connectivity index (χ0v) is 14.4. The molecule has 0 bridgehead atoms. The molecule has 0 saturated heterocycles. The van der Waals surface area contributed by atoms with E-state index in [2.05, 4.69) is 20.7 Å². The maximum atomic E-state index is 12.4. The van der Waals surface area contributed by atoms with Crippen LogP contribution < -0.4 is 10.6 Å². The number of rotatable bonds is 5. The molecule has 0 fully saturated rings. The Bertz CT molecular complexity index is 1040. The molecule has 0 aliphatic heterocycles. The van der Waals surface area contributed by atoms with Crippen molar-refractivity contribution in [2.24, 2.45) is 0 Å². The van der Waals surface area contributed by atoms with E-state index >= 15 is 0 Å². The molecule has 4 rings (SSSR count). The van der Waals surface area contributed by atoms with Gasteiger partial charge in [-0.15, -0.1) is 5.10 Å². The highest BCUT2D eigenvalue weighted by atomic mass is 16.1. The van der Waals surface area contributed by atoms with E-state index in [0.717, 1.165) is 17.1 Å². The summed E-state index contributed by atoms with van der Waals surface area (Å²) in [6.45, 7) is 0. The van der Waals surface area contributed by atoms with Crippen LogP contribution in [0, 0.1) is 0 Å². The zero-order valence-electron chi connectivity index (χ0n) is 14.4. The molecule has 3 aromatic carbocycles. The molecule has 1 aromatic heterocycles. The van der Waals surface area contributed by atoms with Crippen molar-refractivity contribution in [3.63, 3.8) is 0 Å². The van der Waals surface area contributed by atoms with Gasteiger partial charge in [0, 0.05) is 16.9 Å². The van der Waals surface area contributed by atoms with Gasteiger partial charge in [0.2, 0.25) is 5.95 Å². The summed E-state index contributed by atoms with van der Waals surface area (Å²) in [5.74, 6) is 0.284. The molecule has 0 atom stereocenters. The fraction of sp³-hybridized carbons (Fsp3) is 0. The van der Waals surface area contributed by atoms with Gasteiger partial charge in [-0.3, -0.25) is 4.79 Å². The van der Waals surface area contributed by atoms with Gasteiger partial charge in [-0.1, -0.05) is 42.5 Å². The smallest absolute Gasteiger partial charge is 0.255 e. The van der Waals surface area contributed by atoms with E-state index in [9.17, 15) is 4.79 Å². The standard InChI is InChI=1S/C21H17N5O/c27-20(23-17-9-3-1-4-10-17)16-8-7-11-18(14-16)24-21-22-15-26(25-21)19-12-5-2-6-13-19/h1-15H,(H,23,27)(H,24,25). The second-order valence-electron chi connectivity index (χ2n) is 5.87. The van der Waals surface area contributed by atoms with E-state index in [0.29, 0.717) is 11.5 Å². The Morgan fingerprint density at radius 3 is 2.30 bits per heavy atom. The summed E-state index contributed by atoms with van der Waals surface area (Å²) >= 11 is 0. The first-order valence-electron chi connectivity index (χ1n) is 8.48. The second kappa shape index (κ2) is 7.53. The van der Waals surface area contributed by atoms with Gasteiger partial charge in [0.1, 0.15) is 6.33 Å². The molecule has 27 heavy (non-hydrogen) atoms. The van der Waals surface area contributed by atoms with Crippen molar-refractivity contribution < 1.29 is 4.79 Å². The minimum atomic E-state index is -0.173. The van der Waals surface area contributed by atoms with Gasteiger partial charge in [-0.2, -0.15) is 4.98 Å². The third kappa shape index (κ3) is 4.01. The Morgan fingerprint density at radius 2 is 1.52 bits per heavy atom. The molecule has 0 aliphatic rings. The van der Waals surface area contributed by atoms with Crippen LogP contribution in [-0.2, 0) is 0 Å². The molecular formula is C21H17N5O. The van der Waals surface area contributed by atoms with Crippen LogP contribution in [0.1, 0.15) is 10.4 Å². The van der Waals surface area contributed by atoms with Crippen LogP contribution in [0.5, 0.6) is 0 Å². The summed E-state index contributed by atoms with van der Waals surface area (Å²) in [7, 11) is 0. The third-order valence-corrected chi connectivity index (χ3v) is 3.93. The summed E-state index contributed by atoms with van der Waals surface area (Å²) in [6.07, 6.45) is 1.64. The number of hydrogen-bond donors (Lipinski definition) is 2. The summed E-state index contributed by atoms with van der Waals surface area (Å²) < 4.78 is 1.69. The molecule has 0 saturated carbocycles. The molecular weight excluding hydrogens is 338 g/mol. The number of anilines is 3. The Labute approximate surface area is 156 Å². The van der Waals surface area contributed by atoms with E-state index in [1.54, 1.807) is 23.1 Å². The summed E-state index contributed by atoms with van der Waals surface area (Å²) in [5, 5.41) is 10.4. The third-order valence-electron chi connectivity index (χ3n) is 3.93. The van der Waals surface area contributed by atoms with Crippen molar-refractivity contribution in [1.82, 2.24) is 14.8 Å². The minimum absolute atomic E-state index is 0.173. The van der Waals surface area contributed by atoms with Crippen molar-refractivity contribution in [3.8, 4) is 5.69 Å². The molecule has 1 heterocycles. The molecule has 0 radical (unpaired) electrons. The van der Waals surface area contributed by atoms with Crippen LogP contribution in [-0.4, -0.2) is 20.7 Å². The highest BCUT2D eigenvalue weighted by Crippen LogP contribution is 2.17. The van der Waals surface area contributed by atoms with Gasteiger partial charge in [0.15, 0.2) is 0 Å². The first-order valence-corrected chi connectivity index (χ1v) is 8.48. The van der Waals surface area contributed by atoms with Crippen LogP contribution in [0.3, 0.4) is 0 Å². The molecule has 6 nitrogen and oxygen atoms in total. The van der Waals surface area contributed by atoms with E-state index in [1.165, 1.54) is 0 Å². The predicted molar refractivity (Wildman–Crippen MR) is 105 cm³/mol. The Balaban J connectivity index is 1.48. The maximum absolute atomic E-state index is 12.4. The van der Waals surface area contributed by atoms with Gasteiger partial charge in [-0.25, -0.2) is 4.68 Å². The molecule has 0 unspecified atom stereocenters. The van der Waals surface area contributed by atoms with Gasteiger partial charge >= 0.3 is 0 Å². The summed E-state index contributed by atoms with van der Waals surface area (Å²) in [5.41, 5.74) is 2.96. The van der Waals surface area contributed by atoms with Gasteiger partial charge in [0.05, 0.1) is 5.69 Å². The fourth-order valence-electron chi connectivity index (χ4n) is 2.62. The van der Waals surface area contributed by atoms with E-state index in [4.69, 9.17) is 0 Å². The molecule has 0 aliphatic carbocycles. The Kier molecular flexibility index (Phi) is 4.61. The van der Waals surface area contributed by atoms with Gasteiger partial charge < -0.3 is 10.6 Å². The maximum Gasteiger partial charge on any atom is 0.255 e. The van der Waals surface area contributed by atoms with Crippen LogP contribution >= 0.6 is 0 Å². The first-order chi connectivity index (χ1) is 13.3. The molecule has 0 spiro atoms. The number of nitrogens with one attached hydrogen (secondary N) is 2. The normalized spacial score (nSPS) is 10.4. The second-order valence-corrected chi connectivity index (χ2v) is 5.87. The highest BCUT2D eigenvalue weighted by molar-refractivity contribution is 6.04. The lowest BCUT2D eigenvalue weighted by atomic mass is 10.2. The number of benzene rings is 3. The Morgan fingerprint density at radius 1 is 0.815 bits per heavy atom. The molecule has 6 heteroatoms. The van der Waals surface area contributed by atoms with Crippen LogP contribution in [0.15, 0.2) is 91.3 Å². The number of aromatic nitrogens is 3. The predicted octanol–water partition coefficient (Wildman–Crippen LogP) is 4.26. The molecule has 2 N–H and O–H groups in total. The van der Waals surface area contributed by atoms with Crippen LogP contribution in [0.4, 0.5) is 17.3 Å². The quantitative estimate of drug-likeness (QED) is 0.561. The Hall–Kier alpha value is -3.93. The first kappa shape index (κ1) is 16.5. The van der Waals surface area contributed by atoms with E-state index in [-0.39, 0.29) is 5.91 Å².